The van der Waals surface area contributed by atoms with Gasteiger partial charge in [-0.3, -0.25) is 9.59 Å². The average molecular weight is 367 g/mol. The molecule has 26 heavy (non-hydrogen) atoms. The Morgan fingerprint density at radius 1 is 1.15 bits per heavy atom. The number of hydrogen-bond acceptors (Lipinski definition) is 3. The Hall–Kier alpha value is -1.16. The molecule has 0 aromatic rings. The zero-order valence-electron chi connectivity index (χ0n) is 16.7. The SMILES string of the molecule is CCCCCC(C)[C@@H](O)CCC1=CCC(=O)[C@@H]1CCCCCCC(=O)O. The summed E-state index contributed by atoms with van der Waals surface area (Å²) >= 11 is 0. The maximum atomic E-state index is 12.2. The fraction of sp³-hybridized carbons (Fsp3) is 0.818. The Labute approximate surface area is 159 Å². The molecule has 0 spiro atoms. The number of carbonyl (C=O) groups is 2. The van der Waals surface area contributed by atoms with Crippen molar-refractivity contribution < 1.29 is 19.8 Å². The van der Waals surface area contributed by atoms with Crippen LogP contribution in [0.5, 0.6) is 0 Å². The van der Waals surface area contributed by atoms with Crippen LogP contribution in [0, 0.1) is 11.8 Å². The number of aliphatic hydroxyl groups is 1. The van der Waals surface area contributed by atoms with Crippen LogP contribution in [0.25, 0.3) is 0 Å². The van der Waals surface area contributed by atoms with Crippen LogP contribution in [0.1, 0.15) is 97.3 Å². The molecule has 1 unspecified atom stereocenters. The summed E-state index contributed by atoms with van der Waals surface area (Å²) in [6.45, 7) is 4.32. The molecule has 4 heteroatoms. The molecule has 1 rings (SSSR count). The number of hydrogen-bond donors (Lipinski definition) is 2. The maximum Gasteiger partial charge on any atom is 0.303 e. The highest BCUT2D eigenvalue weighted by Gasteiger charge is 2.27. The van der Waals surface area contributed by atoms with Crippen molar-refractivity contribution in [1.29, 1.82) is 0 Å². The van der Waals surface area contributed by atoms with Crippen molar-refractivity contribution >= 4 is 11.8 Å². The highest BCUT2D eigenvalue weighted by atomic mass is 16.4. The molecule has 0 saturated carbocycles. The van der Waals surface area contributed by atoms with Crippen molar-refractivity contribution in [2.75, 3.05) is 0 Å². The lowest BCUT2D eigenvalue weighted by Crippen LogP contribution is -2.19. The lowest BCUT2D eigenvalue weighted by atomic mass is 9.88. The largest absolute Gasteiger partial charge is 0.481 e. The Kier molecular flexibility index (Phi) is 11.5. The van der Waals surface area contributed by atoms with Crippen LogP contribution >= 0.6 is 0 Å². The number of carboxylic acid groups (broad SMARTS) is 1. The Bertz CT molecular complexity index is 455. The van der Waals surface area contributed by atoms with Gasteiger partial charge >= 0.3 is 5.97 Å². The van der Waals surface area contributed by atoms with Crippen LogP contribution in [0.2, 0.25) is 0 Å². The minimum Gasteiger partial charge on any atom is -0.481 e. The molecule has 150 valence electrons. The van der Waals surface area contributed by atoms with Gasteiger partial charge in [-0.2, -0.15) is 0 Å². The molecule has 3 atom stereocenters. The van der Waals surface area contributed by atoms with Crippen molar-refractivity contribution in [3.8, 4) is 0 Å². The van der Waals surface area contributed by atoms with Crippen molar-refractivity contribution in [2.45, 2.75) is 103 Å². The van der Waals surface area contributed by atoms with Gasteiger partial charge in [-0.05, 0) is 38.0 Å². The predicted octanol–water partition coefficient (Wildman–Crippen LogP) is 5.28. The van der Waals surface area contributed by atoms with Crippen LogP contribution in [-0.2, 0) is 9.59 Å². The molecule has 0 aromatic carbocycles. The highest BCUT2D eigenvalue weighted by Crippen LogP contribution is 2.32. The van der Waals surface area contributed by atoms with E-state index in [-0.39, 0.29) is 18.4 Å². The van der Waals surface area contributed by atoms with Crippen LogP contribution in [-0.4, -0.2) is 28.1 Å². The van der Waals surface area contributed by atoms with Crippen LogP contribution in [0.4, 0.5) is 0 Å². The fourth-order valence-electron chi connectivity index (χ4n) is 3.83. The maximum absolute atomic E-state index is 12.2. The molecule has 0 saturated heterocycles. The molecule has 0 aliphatic heterocycles. The summed E-state index contributed by atoms with van der Waals surface area (Å²) in [5, 5.41) is 19.0. The first kappa shape index (κ1) is 22.9. The third-order valence-corrected chi connectivity index (χ3v) is 5.68. The lowest BCUT2D eigenvalue weighted by Gasteiger charge is -2.20. The van der Waals surface area contributed by atoms with E-state index in [9.17, 15) is 14.7 Å². The van der Waals surface area contributed by atoms with Gasteiger partial charge in [-0.15, -0.1) is 0 Å². The van der Waals surface area contributed by atoms with Crippen molar-refractivity contribution in [3.05, 3.63) is 11.6 Å². The molecule has 4 nitrogen and oxygen atoms in total. The molecular formula is C22H38O4. The first-order valence-electron chi connectivity index (χ1n) is 10.6. The van der Waals surface area contributed by atoms with Crippen molar-refractivity contribution in [2.24, 2.45) is 11.8 Å². The second-order valence-electron chi connectivity index (χ2n) is 7.93. The van der Waals surface area contributed by atoms with E-state index in [1.54, 1.807) is 0 Å². The molecular weight excluding hydrogens is 328 g/mol. The third-order valence-electron chi connectivity index (χ3n) is 5.68. The van der Waals surface area contributed by atoms with Gasteiger partial charge in [0.05, 0.1) is 6.10 Å². The normalized spacial score (nSPS) is 19.4. The van der Waals surface area contributed by atoms with Gasteiger partial charge in [-0.25, -0.2) is 0 Å². The fourth-order valence-corrected chi connectivity index (χ4v) is 3.83. The van der Waals surface area contributed by atoms with Gasteiger partial charge < -0.3 is 10.2 Å². The van der Waals surface area contributed by atoms with Crippen LogP contribution in [0.3, 0.4) is 0 Å². The number of aliphatic hydroxyl groups excluding tert-OH is 1. The number of carbonyl (C=O) groups excluding carboxylic acids is 1. The second kappa shape index (κ2) is 13.1. The van der Waals surface area contributed by atoms with Crippen molar-refractivity contribution in [3.63, 3.8) is 0 Å². The number of rotatable bonds is 15. The smallest absolute Gasteiger partial charge is 0.303 e. The number of ketones is 1. The number of aliphatic carboxylic acids is 1. The summed E-state index contributed by atoms with van der Waals surface area (Å²) in [6.07, 6.45) is 13.3. The van der Waals surface area contributed by atoms with Crippen LogP contribution in [0.15, 0.2) is 11.6 Å². The van der Waals surface area contributed by atoms with Gasteiger partial charge in [0.15, 0.2) is 0 Å². The summed E-state index contributed by atoms with van der Waals surface area (Å²) in [7, 11) is 0. The number of allylic oxidation sites excluding steroid dienone is 2. The van der Waals surface area contributed by atoms with Gasteiger partial charge in [0.2, 0.25) is 0 Å². The van der Waals surface area contributed by atoms with E-state index in [0.29, 0.717) is 18.1 Å². The number of carboxylic acids is 1. The Morgan fingerprint density at radius 3 is 2.58 bits per heavy atom. The molecule has 1 aliphatic carbocycles. The number of unbranched alkanes of at least 4 members (excludes halogenated alkanes) is 5. The van der Waals surface area contributed by atoms with Crippen molar-refractivity contribution in [1.82, 2.24) is 0 Å². The highest BCUT2D eigenvalue weighted by molar-refractivity contribution is 5.88. The Balaban J connectivity index is 2.27. The summed E-state index contributed by atoms with van der Waals surface area (Å²) in [4.78, 5) is 22.7. The Morgan fingerprint density at radius 2 is 1.88 bits per heavy atom. The quantitative estimate of drug-likeness (QED) is 0.305. The van der Waals surface area contributed by atoms with E-state index in [2.05, 4.69) is 19.9 Å². The van der Waals surface area contributed by atoms with E-state index in [4.69, 9.17) is 5.11 Å². The monoisotopic (exact) mass is 366 g/mol. The number of Topliss-reactive ketones (excluding diaryl/α,β-unsaturated/α-hetero) is 1. The van der Waals surface area contributed by atoms with Gasteiger partial charge in [0.1, 0.15) is 5.78 Å². The zero-order chi connectivity index (χ0) is 19.4. The first-order valence-corrected chi connectivity index (χ1v) is 10.6. The van der Waals surface area contributed by atoms with Gasteiger partial charge in [-0.1, -0.05) is 64.0 Å². The third kappa shape index (κ3) is 8.98. The predicted molar refractivity (Wildman–Crippen MR) is 105 cm³/mol. The standard InChI is InChI=1S/C22H38O4/c1-3-4-7-10-17(2)20(23)15-13-18-14-16-21(24)19(18)11-8-5-6-9-12-22(25)26/h14,17,19-20,23H,3-13,15-16H2,1-2H3,(H,25,26)/t17?,19-,20+/m1/s1. The average Bonchev–Trinajstić information content (AvgIpc) is 2.95. The first-order chi connectivity index (χ1) is 12.5. The van der Waals surface area contributed by atoms with E-state index in [1.165, 1.54) is 24.8 Å². The summed E-state index contributed by atoms with van der Waals surface area (Å²) in [5.41, 5.74) is 1.22. The zero-order valence-corrected chi connectivity index (χ0v) is 16.7. The second-order valence-corrected chi connectivity index (χ2v) is 7.93. The molecule has 0 bridgehead atoms. The molecule has 1 aliphatic rings. The van der Waals surface area contributed by atoms with Gasteiger partial charge in [0, 0.05) is 18.8 Å². The van der Waals surface area contributed by atoms with Crippen LogP contribution < -0.4 is 0 Å². The molecule has 2 N–H and O–H groups in total. The van der Waals surface area contributed by atoms with E-state index < -0.39 is 5.97 Å². The topological polar surface area (TPSA) is 74.6 Å². The summed E-state index contributed by atoms with van der Waals surface area (Å²) in [6, 6.07) is 0. The molecule has 0 radical (unpaired) electrons. The lowest BCUT2D eigenvalue weighted by molar-refractivity contribution is -0.137. The van der Waals surface area contributed by atoms with E-state index in [1.807, 2.05) is 0 Å². The molecule has 0 heterocycles. The molecule has 0 fully saturated rings. The minimum absolute atomic E-state index is 0.0390. The van der Waals surface area contributed by atoms with E-state index >= 15 is 0 Å². The summed E-state index contributed by atoms with van der Waals surface area (Å²) in [5.74, 6) is -0.0521. The van der Waals surface area contributed by atoms with Gasteiger partial charge in [0.25, 0.3) is 0 Å². The minimum atomic E-state index is -0.733. The summed E-state index contributed by atoms with van der Waals surface area (Å²) < 4.78 is 0. The molecule has 0 amide bonds. The molecule has 0 aromatic heterocycles. The van der Waals surface area contributed by atoms with E-state index in [0.717, 1.165) is 51.4 Å².